The lowest BCUT2D eigenvalue weighted by Crippen LogP contribution is -2.37. The summed E-state index contributed by atoms with van der Waals surface area (Å²) in [5, 5.41) is 25.8. The summed E-state index contributed by atoms with van der Waals surface area (Å²) >= 11 is 0. The Morgan fingerprint density at radius 3 is 2.68 bits per heavy atom. The van der Waals surface area contributed by atoms with E-state index < -0.39 is 69.1 Å². The first kappa shape index (κ1) is 35.1. The van der Waals surface area contributed by atoms with E-state index in [1.54, 1.807) is 31.2 Å². The number of imidazole rings is 1. The number of nitrogen functional groups attached to an aromatic ring is 1. The van der Waals surface area contributed by atoms with Crippen LogP contribution in [0.2, 0.25) is 0 Å². The molecule has 2 unspecified atom stereocenters. The van der Waals surface area contributed by atoms with Crippen LogP contribution in [0.4, 0.5) is 14.7 Å². The number of fused-ring (bicyclic) bond motifs is 2. The van der Waals surface area contributed by atoms with Gasteiger partial charge in [0.15, 0.2) is 17.4 Å². The molecule has 0 amide bonds. The number of nitrogens with zero attached hydrogens (tertiary/aromatic N) is 4. The van der Waals surface area contributed by atoms with E-state index in [9.17, 15) is 28.4 Å². The lowest BCUT2D eigenvalue weighted by atomic mass is 10.1. The lowest BCUT2D eigenvalue weighted by Gasteiger charge is -2.25. The summed E-state index contributed by atoms with van der Waals surface area (Å²) in [5.41, 5.74) is 6.19. The Kier molecular flexibility index (Phi) is 10.2. The standard InChI is InChI=1S/C32H33F2N6O9P/c1-3-45-29-25-28(37-32(35)38-29)40(16-36-25)30-27(42)26(41)24(48-30)15-47-50(44,49-23-10-6-8-18-7-4-5-9-21(18)23)39-17(2)31(43)46-14-19-11-12-20(33)13-22(19)34/h4-13,16-17,24,26-27,30,41-42H,3,14-15H2,1-2H3,(H,39,44)(H2,35,37,38)/t17-,24+,26+,27+,30?,50?/m0/s1. The van der Waals surface area contributed by atoms with E-state index >= 15 is 0 Å². The average molecular weight is 715 g/mol. The number of halogens is 2. The zero-order chi connectivity index (χ0) is 35.6. The molecule has 0 aliphatic carbocycles. The maximum Gasteiger partial charge on any atom is 0.459 e. The zero-order valence-corrected chi connectivity index (χ0v) is 27.6. The molecule has 264 valence electrons. The van der Waals surface area contributed by atoms with Gasteiger partial charge in [0.2, 0.25) is 11.8 Å². The monoisotopic (exact) mass is 714 g/mol. The molecule has 2 aromatic heterocycles. The fourth-order valence-electron chi connectivity index (χ4n) is 5.30. The van der Waals surface area contributed by atoms with Gasteiger partial charge in [-0.15, -0.1) is 0 Å². The van der Waals surface area contributed by atoms with Crippen LogP contribution in [0.1, 0.15) is 25.6 Å². The number of hydrogen-bond acceptors (Lipinski definition) is 13. The minimum absolute atomic E-state index is 0.0761. The van der Waals surface area contributed by atoms with Crippen LogP contribution < -0.4 is 20.1 Å². The highest BCUT2D eigenvalue weighted by Gasteiger charge is 2.46. The van der Waals surface area contributed by atoms with Gasteiger partial charge < -0.3 is 34.7 Å². The average Bonchev–Trinajstić information content (AvgIpc) is 3.63. The first-order valence-corrected chi connectivity index (χ1v) is 17.0. The SMILES string of the molecule is CCOc1nc(N)nc2c1ncn2C1O[C@H](COP(=O)(N[C@@H](C)C(=O)OCc2ccc(F)cc2F)Oc2cccc3ccccc23)[C@@H](O)[C@H]1O. The number of aromatic nitrogens is 4. The molecule has 5 N–H and O–H groups in total. The van der Waals surface area contributed by atoms with E-state index in [0.717, 1.165) is 17.5 Å². The molecule has 6 atom stereocenters. The van der Waals surface area contributed by atoms with E-state index in [2.05, 4.69) is 20.0 Å². The van der Waals surface area contributed by atoms with Crippen LogP contribution in [-0.2, 0) is 30.0 Å². The Morgan fingerprint density at radius 2 is 1.90 bits per heavy atom. The number of carbonyl (C=O) groups is 1. The van der Waals surface area contributed by atoms with E-state index in [1.165, 1.54) is 17.8 Å². The van der Waals surface area contributed by atoms with Gasteiger partial charge in [-0.1, -0.05) is 36.4 Å². The van der Waals surface area contributed by atoms with Gasteiger partial charge in [0.25, 0.3) is 0 Å². The smallest absolute Gasteiger partial charge is 0.459 e. The second kappa shape index (κ2) is 14.6. The van der Waals surface area contributed by atoms with Crippen molar-refractivity contribution in [3.63, 3.8) is 0 Å². The van der Waals surface area contributed by atoms with E-state index in [1.807, 2.05) is 18.2 Å². The minimum atomic E-state index is -4.53. The summed E-state index contributed by atoms with van der Waals surface area (Å²) in [6, 6.07) is 13.6. The van der Waals surface area contributed by atoms with E-state index in [4.69, 9.17) is 29.0 Å². The molecular weight excluding hydrogens is 681 g/mol. The van der Waals surface area contributed by atoms with Gasteiger partial charge in [0, 0.05) is 17.0 Å². The predicted octanol–water partition coefficient (Wildman–Crippen LogP) is 3.78. The zero-order valence-electron chi connectivity index (χ0n) is 26.7. The van der Waals surface area contributed by atoms with Crippen molar-refractivity contribution in [1.82, 2.24) is 24.6 Å². The lowest BCUT2D eigenvalue weighted by molar-refractivity contribution is -0.146. The molecule has 6 rings (SSSR count). The highest BCUT2D eigenvalue weighted by Crippen LogP contribution is 2.48. The molecule has 1 aliphatic heterocycles. The molecular formula is C32H33F2N6O9P. The van der Waals surface area contributed by atoms with Crippen molar-refractivity contribution in [1.29, 1.82) is 0 Å². The Hall–Kier alpha value is -4.77. The molecule has 3 heterocycles. The number of benzene rings is 3. The highest BCUT2D eigenvalue weighted by atomic mass is 31.2. The third-order valence-electron chi connectivity index (χ3n) is 7.77. The topological polar surface area (TPSA) is 202 Å². The number of rotatable bonds is 13. The van der Waals surface area contributed by atoms with Crippen molar-refractivity contribution in [3.8, 4) is 11.6 Å². The third kappa shape index (κ3) is 7.38. The minimum Gasteiger partial charge on any atom is -0.476 e. The van der Waals surface area contributed by atoms with Crippen LogP contribution in [0.15, 0.2) is 67.0 Å². The second-order valence-electron chi connectivity index (χ2n) is 11.2. The number of esters is 1. The first-order valence-electron chi connectivity index (χ1n) is 15.4. The maximum absolute atomic E-state index is 14.3. The summed E-state index contributed by atoms with van der Waals surface area (Å²) < 4.78 is 71.4. The third-order valence-corrected chi connectivity index (χ3v) is 9.40. The molecule has 3 aromatic carbocycles. The molecule has 18 heteroatoms. The fraction of sp³-hybridized carbons (Fsp3) is 0.312. The van der Waals surface area contributed by atoms with Crippen molar-refractivity contribution >= 4 is 41.6 Å². The Balaban J connectivity index is 1.21. The second-order valence-corrected chi connectivity index (χ2v) is 12.9. The summed E-state index contributed by atoms with van der Waals surface area (Å²) in [6.45, 7) is 2.22. The van der Waals surface area contributed by atoms with Crippen LogP contribution in [-0.4, -0.2) is 73.3 Å². The van der Waals surface area contributed by atoms with Crippen molar-refractivity contribution < 1.29 is 51.6 Å². The van der Waals surface area contributed by atoms with Gasteiger partial charge >= 0.3 is 13.7 Å². The normalized spacial score (nSPS) is 20.8. The van der Waals surface area contributed by atoms with Gasteiger partial charge in [-0.2, -0.15) is 15.1 Å². The molecule has 5 aromatic rings. The summed E-state index contributed by atoms with van der Waals surface area (Å²) in [5.74, 6) is -2.51. The van der Waals surface area contributed by atoms with Crippen LogP contribution in [0.3, 0.4) is 0 Å². The highest BCUT2D eigenvalue weighted by molar-refractivity contribution is 7.52. The number of ether oxygens (including phenoxy) is 3. The summed E-state index contributed by atoms with van der Waals surface area (Å²) in [7, 11) is -4.53. The van der Waals surface area contributed by atoms with E-state index in [-0.39, 0.29) is 40.9 Å². The van der Waals surface area contributed by atoms with Gasteiger partial charge in [-0.25, -0.2) is 18.3 Å². The Morgan fingerprint density at radius 1 is 1.12 bits per heavy atom. The van der Waals surface area contributed by atoms with Crippen LogP contribution >= 0.6 is 7.75 Å². The Bertz CT molecular complexity index is 2060. The molecule has 1 fully saturated rings. The molecule has 1 aliphatic rings. The van der Waals surface area contributed by atoms with Crippen LogP contribution in [0.25, 0.3) is 21.9 Å². The first-order chi connectivity index (χ1) is 24.0. The molecule has 0 bridgehead atoms. The van der Waals surface area contributed by atoms with Gasteiger partial charge in [-0.05, 0) is 37.4 Å². The van der Waals surface area contributed by atoms with Gasteiger partial charge in [0.05, 0.1) is 19.5 Å². The molecule has 0 saturated carbocycles. The predicted molar refractivity (Wildman–Crippen MR) is 174 cm³/mol. The largest absolute Gasteiger partial charge is 0.476 e. The van der Waals surface area contributed by atoms with Crippen molar-refractivity contribution in [2.45, 2.75) is 51.0 Å². The number of carbonyl (C=O) groups excluding carboxylic acids is 1. The molecule has 1 saturated heterocycles. The number of nitrogens with two attached hydrogens (primary N) is 1. The number of anilines is 1. The Labute approximate surface area is 283 Å². The van der Waals surface area contributed by atoms with Crippen LogP contribution in [0, 0.1) is 11.6 Å². The summed E-state index contributed by atoms with van der Waals surface area (Å²) in [6.07, 6.45) is -4.28. The maximum atomic E-state index is 14.3. The molecule has 0 spiro atoms. The molecule has 0 radical (unpaired) electrons. The van der Waals surface area contributed by atoms with Gasteiger partial charge in [0.1, 0.15) is 48.3 Å². The van der Waals surface area contributed by atoms with Crippen molar-refractivity contribution in [3.05, 3.63) is 84.2 Å². The number of hydrogen-bond donors (Lipinski definition) is 4. The van der Waals surface area contributed by atoms with E-state index in [0.29, 0.717) is 11.5 Å². The summed E-state index contributed by atoms with van der Waals surface area (Å²) in [4.78, 5) is 25.4. The van der Waals surface area contributed by atoms with Crippen LogP contribution in [0.5, 0.6) is 11.6 Å². The number of aliphatic hydroxyl groups excluding tert-OH is 2. The fourth-order valence-corrected chi connectivity index (χ4v) is 6.82. The quantitative estimate of drug-likeness (QED) is 0.101. The number of aliphatic hydroxyl groups is 2. The van der Waals surface area contributed by atoms with Crippen molar-refractivity contribution in [2.75, 3.05) is 18.9 Å². The van der Waals surface area contributed by atoms with Gasteiger partial charge in [-0.3, -0.25) is 13.9 Å². The van der Waals surface area contributed by atoms with Crippen molar-refractivity contribution in [2.24, 2.45) is 0 Å². The molecule has 50 heavy (non-hydrogen) atoms. The molecule has 15 nitrogen and oxygen atoms in total. The number of nitrogens with one attached hydrogen (secondary N) is 1.